The molecule has 4 rings (SSSR count). The molecule has 0 saturated carbocycles. The van der Waals surface area contributed by atoms with Crippen LogP contribution in [0.15, 0.2) is 61.4 Å². The number of pyridine rings is 1. The van der Waals surface area contributed by atoms with E-state index in [-0.39, 0.29) is 11.6 Å². The minimum Gasteiger partial charge on any atom is -0.336 e. The molecule has 1 fully saturated rings. The maximum Gasteiger partial charge on any atom is 0.294 e. The van der Waals surface area contributed by atoms with Crippen molar-refractivity contribution in [1.82, 2.24) is 24.3 Å². The summed E-state index contributed by atoms with van der Waals surface area (Å²) in [7, 11) is 0. The molecule has 2 aromatic heterocycles. The quantitative estimate of drug-likeness (QED) is 0.487. The number of piperazine rings is 1. The molecule has 1 aliphatic rings. The van der Waals surface area contributed by atoms with Gasteiger partial charge in [-0.3, -0.25) is 24.8 Å². The van der Waals surface area contributed by atoms with E-state index in [9.17, 15) is 14.9 Å². The lowest BCUT2D eigenvalue weighted by molar-refractivity contribution is -0.384. The molecule has 148 valence electrons. The number of carbonyl (C=O) groups excluding carboxylic acids is 1. The first-order valence-corrected chi connectivity index (χ1v) is 9.29. The van der Waals surface area contributed by atoms with E-state index >= 15 is 0 Å². The summed E-state index contributed by atoms with van der Waals surface area (Å²) >= 11 is 0. The zero-order valence-electron chi connectivity index (χ0n) is 15.7. The minimum absolute atomic E-state index is 0.121. The number of hydrogen-bond donors (Lipinski definition) is 0. The molecule has 3 aromatic rings. The standard InChI is InChI=1S/C20H20N6O3/c27-20(24-10-8-23(9-11-24)14-16-2-1-5-21-13-16)17-3-4-18(19(12-17)26(28)29)25-7-6-22-15-25/h1-7,12-13,15H,8-11,14H2. The molecular weight excluding hydrogens is 372 g/mol. The van der Waals surface area contributed by atoms with E-state index < -0.39 is 4.92 Å². The summed E-state index contributed by atoms with van der Waals surface area (Å²) in [6, 6.07) is 8.51. The van der Waals surface area contributed by atoms with Gasteiger partial charge in [0.1, 0.15) is 5.69 Å². The van der Waals surface area contributed by atoms with Crippen LogP contribution in [-0.2, 0) is 6.54 Å². The van der Waals surface area contributed by atoms with Crippen molar-refractivity contribution >= 4 is 11.6 Å². The predicted molar refractivity (Wildman–Crippen MR) is 106 cm³/mol. The SMILES string of the molecule is O=C(c1ccc(-n2ccnc2)c([N+](=O)[O-])c1)N1CCN(Cc2cccnc2)CC1. The van der Waals surface area contributed by atoms with Crippen molar-refractivity contribution in [3.05, 3.63) is 82.7 Å². The van der Waals surface area contributed by atoms with Crippen LogP contribution in [0.3, 0.4) is 0 Å². The fourth-order valence-electron chi connectivity index (χ4n) is 3.46. The lowest BCUT2D eigenvalue weighted by Crippen LogP contribution is -2.48. The summed E-state index contributed by atoms with van der Waals surface area (Å²) in [6.45, 7) is 3.44. The van der Waals surface area contributed by atoms with Gasteiger partial charge in [0.15, 0.2) is 0 Å². The second kappa shape index (κ2) is 8.19. The molecule has 3 heterocycles. The fourth-order valence-corrected chi connectivity index (χ4v) is 3.46. The number of carbonyl (C=O) groups is 1. The lowest BCUT2D eigenvalue weighted by atomic mass is 10.1. The summed E-state index contributed by atoms with van der Waals surface area (Å²) in [5, 5.41) is 11.5. The Balaban J connectivity index is 1.45. The van der Waals surface area contributed by atoms with Gasteiger partial charge in [-0.2, -0.15) is 0 Å². The maximum atomic E-state index is 12.9. The van der Waals surface area contributed by atoms with E-state index in [0.717, 1.165) is 25.2 Å². The van der Waals surface area contributed by atoms with Crippen LogP contribution in [0.5, 0.6) is 0 Å². The van der Waals surface area contributed by atoms with Gasteiger partial charge in [0.2, 0.25) is 0 Å². The second-order valence-electron chi connectivity index (χ2n) is 6.86. The molecule has 9 heteroatoms. The van der Waals surface area contributed by atoms with E-state index in [0.29, 0.717) is 24.3 Å². The molecule has 29 heavy (non-hydrogen) atoms. The minimum atomic E-state index is -0.474. The molecule has 0 atom stereocenters. The third-order valence-electron chi connectivity index (χ3n) is 4.99. The van der Waals surface area contributed by atoms with Crippen molar-refractivity contribution in [2.24, 2.45) is 0 Å². The molecule has 0 unspecified atom stereocenters. The largest absolute Gasteiger partial charge is 0.336 e. The molecule has 1 aromatic carbocycles. The van der Waals surface area contributed by atoms with Crippen molar-refractivity contribution < 1.29 is 9.72 Å². The van der Waals surface area contributed by atoms with Crippen LogP contribution in [0.2, 0.25) is 0 Å². The van der Waals surface area contributed by atoms with E-state index in [4.69, 9.17) is 0 Å². The van der Waals surface area contributed by atoms with Crippen molar-refractivity contribution in [3.63, 3.8) is 0 Å². The third-order valence-corrected chi connectivity index (χ3v) is 4.99. The fraction of sp³-hybridized carbons (Fsp3) is 0.250. The highest BCUT2D eigenvalue weighted by atomic mass is 16.6. The second-order valence-corrected chi connectivity index (χ2v) is 6.86. The highest BCUT2D eigenvalue weighted by Gasteiger charge is 2.25. The molecular formula is C20H20N6O3. The Labute approximate surface area is 167 Å². The van der Waals surface area contributed by atoms with Crippen LogP contribution in [-0.4, -0.2) is 61.3 Å². The molecule has 0 radical (unpaired) electrons. The van der Waals surface area contributed by atoms with E-state index in [2.05, 4.69) is 14.9 Å². The van der Waals surface area contributed by atoms with Gasteiger partial charge in [-0.05, 0) is 23.8 Å². The van der Waals surface area contributed by atoms with Crippen molar-refractivity contribution in [1.29, 1.82) is 0 Å². The van der Waals surface area contributed by atoms with Crippen LogP contribution in [0.25, 0.3) is 5.69 Å². The highest BCUT2D eigenvalue weighted by molar-refractivity contribution is 5.95. The number of aromatic nitrogens is 3. The molecule has 1 aliphatic heterocycles. The van der Waals surface area contributed by atoms with Gasteiger partial charge >= 0.3 is 0 Å². The Bertz CT molecular complexity index is 998. The predicted octanol–water partition coefficient (Wildman–Crippen LogP) is 2.13. The number of hydrogen-bond acceptors (Lipinski definition) is 6. The summed E-state index contributed by atoms with van der Waals surface area (Å²) in [6.07, 6.45) is 8.26. The number of imidazole rings is 1. The monoisotopic (exact) mass is 392 g/mol. The first-order valence-electron chi connectivity index (χ1n) is 9.29. The van der Waals surface area contributed by atoms with E-state index in [1.165, 1.54) is 12.4 Å². The number of benzene rings is 1. The van der Waals surface area contributed by atoms with Crippen molar-refractivity contribution in [3.8, 4) is 5.69 Å². The average Bonchev–Trinajstić information content (AvgIpc) is 3.29. The zero-order chi connectivity index (χ0) is 20.2. The van der Waals surface area contributed by atoms with E-state index in [1.54, 1.807) is 40.2 Å². The number of nitrogens with zero attached hydrogens (tertiary/aromatic N) is 6. The summed E-state index contributed by atoms with van der Waals surface area (Å²) < 4.78 is 1.56. The number of amides is 1. The normalized spacial score (nSPS) is 14.7. The lowest BCUT2D eigenvalue weighted by Gasteiger charge is -2.34. The Morgan fingerprint density at radius 3 is 2.59 bits per heavy atom. The van der Waals surface area contributed by atoms with Gasteiger partial charge in [0, 0.05) is 69.1 Å². The molecule has 1 amide bonds. The Kier molecular flexibility index (Phi) is 5.30. The topological polar surface area (TPSA) is 97.4 Å². The molecule has 0 aliphatic carbocycles. The number of nitro benzene ring substituents is 1. The van der Waals surface area contributed by atoms with Gasteiger partial charge < -0.3 is 9.47 Å². The number of rotatable bonds is 5. The first kappa shape index (κ1) is 18.8. The van der Waals surface area contributed by atoms with Crippen LogP contribution >= 0.6 is 0 Å². The summed E-state index contributed by atoms with van der Waals surface area (Å²) in [5.41, 5.74) is 1.72. The van der Waals surface area contributed by atoms with Gasteiger partial charge in [-0.25, -0.2) is 4.98 Å². The molecule has 0 bridgehead atoms. The molecule has 1 saturated heterocycles. The highest BCUT2D eigenvalue weighted by Crippen LogP contribution is 2.25. The van der Waals surface area contributed by atoms with Crippen LogP contribution in [0.4, 0.5) is 5.69 Å². The Hall–Kier alpha value is -3.59. The summed E-state index contributed by atoms with van der Waals surface area (Å²) in [5.74, 6) is -0.189. The smallest absolute Gasteiger partial charge is 0.294 e. The van der Waals surface area contributed by atoms with Gasteiger partial charge in [-0.1, -0.05) is 6.07 Å². The Morgan fingerprint density at radius 1 is 1.10 bits per heavy atom. The molecule has 9 nitrogen and oxygen atoms in total. The van der Waals surface area contributed by atoms with E-state index in [1.807, 2.05) is 18.3 Å². The Morgan fingerprint density at radius 2 is 1.93 bits per heavy atom. The average molecular weight is 392 g/mol. The van der Waals surface area contributed by atoms with Crippen LogP contribution in [0.1, 0.15) is 15.9 Å². The van der Waals surface area contributed by atoms with Gasteiger partial charge in [0.05, 0.1) is 11.3 Å². The van der Waals surface area contributed by atoms with Crippen molar-refractivity contribution in [2.75, 3.05) is 26.2 Å². The number of nitro groups is 1. The van der Waals surface area contributed by atoms with Gasteiger partial charge in [-0.15, -0.1) is 0 Å². The van der Waals surface area contributed by atoms with Crippen LogP contribution < -0.4 is 0 Å². The summed E-state index contributed by atoms with van der Waals surface area (Å²) in [4.78, 5) is 36.0. The zero-order valence-corrected chi connectivity index (χ0v) is 15.7. The third kappa shape index (κ3) is 4.14. The maximum absolute atomic E-state index is 12.9. The molecule has 0 N–H and O–H groups in total. The first-order chi connectivity index (χ1) is 14.1. The molecule has 0 spiro atoms. The van der Waals surface area contributed by atoms with Crippen LogP contribution in [0, 0.1) is 10.1 Å². The van der Waals surface area contributed by atoms with Crippen molar-refractivity contribution in [2.45, 2.75) is 6.54 Å². The van der Waals surface area contributed by atoms with Gasteiger partial charge in [0.25, 0.3) is 11.6 Å².